The molecule has 1 aromatic rings. The van der Waals surface area contributed by atoms with E-state index in [1.54, 1.807) is 0 Å². The molecule has 114 valence electrons. The second-order valence-electron chi connectivity index (χ2n) is 5.07. The Kier molecular flexibility index (Phi) is 4.45. The smallest absolute Gasteiger partial charge is 0.191 e. The first-order valence-electron chi connectivity index (χ1n) is 7.35. The fraction of sp³-hybridized carbons (Fsp3) is 0.533. The van der Waals surface area contributed by atoms with Gasteiger partial charge in [0.1, 0.15) is 0 Å². The van der Waals surface area contributed by atoms with Crippen LogP contribution in [0.5, 0.6) is 11.5 Å². The number of hydrogen-bond donors (Lipinski definition) is 1. The number of nitrogens with zero attached hydrogens (tertiary/aromatic N) is 2. The first-order chi connectivity index (χ1) is 10.3. The van der Waals surface area contributed by atoms with Gasteiger partial charge in [-0.25, -0.2) is 4.99 Å². The standard InChI is InChI=1S/C15H21N3O3/c16-15(18-5-9-19-10-6-18)17-11-12-3-1-4-13-14(12)21-8-2-7-20-13/h1,3-4H,2,5-11H2,(H2,16,17). The van der Waals surface area contributed by atoms with E-state index in [1.165, 1.54) is 0 Å². The molecule has 0 saturated carbocycles. The molecule has 0 spiro atoms. The van der Waals surface area contributed by atoms with Gasteiger partial charge in [0.2, 0.25) is 0 Å². The summed E-state index contributed by atoms with van der Waals surface area (Å²) in [7, 11) is 0. The van der Waals surface area contributed by atoms with Gasteiger partial charge in [-0.05, 0) is 6.07 Å². The normalized spacial score (nSPS) is 19.2. The SMILES string of the molecule is NC(=NCc1cccc2c1OCCCO2)N1CCOCC1. The Morgan fingerprint density at radius 2 is 1.95 bits per heavy atom. The van der Waals surface area contributed by atoms with Crippen LogP contribution in [0.3, 0.4) is 0 Å². The maximum Gasteiger partial charge on any atom is 0.191 e. The number of guanidine groups is 1. The third-order valence-corrected chi connectivity index (χ3v) is 3.60. The molecule has 0 aromatic heterocycles. The molecular weight excluding hydrogens is 270 g/mol. The van der Waals surface area contributed by atoms with Gasteiger partial charge < -0.3 is 24.8 Å². The molecule has 6 heteroatoms. The first kappa shape index (κ1) is 14.0. The minimum absolute atomic E-state index is 0.496. The summed E-state index contributed by atoms with van der Waals surface area (Å²) in [6, 6.07) is 5.89. The largest absolute Gasteiger partial charge is 0.490 e. The van der Waals surface area contributed by atoms with E-state index in [4.69, 9.17) is 19.9 Å². The number of benzene rings is 1. The highest BCUT2D eigenvalue weighted by Crippen LogP contribution is 2.33. The van der Waals surface area contributed by atoms with E-state index in [0.29, 0.717) is 38.9 Å². The summed E-state index contributed by atoms with van der Waals surface area (Å²) >= 11 is 0. The average molecular weight is 291 g/mol. The highest BCUT2D eigenvalue weighted by atomic mass is 16.5. The van der Waals surface area contributed by atoms with Crippen LogP contribution in [-0.2, 0) is 11.3 Å². The monoisotopic (exact) mass is 291 g/mol. The van der Waals surface area contributed by atoms with Crippen molar-refractivity contribution in [1.29, 1.82) is 0 Å². The van der Waals surface area contributed by atoms with Gasteiger partial charge in [-0.2, -0.15) is 0 Å². The lowest BCUT2D eigenvalue weighted by molar-refractivity contribution is 0.0674. The lowest BCUT2D eigenvalue weighted by Crippen LogP contribution is -2.44. The summed E-state index contributed by atoms with van der Waals surface area (Å²) in [5.74, 6) is 2.16. The molecule has 2 aliphatic rings. The topological polar surface area (TPSA) is 69.3 Å². The van der Waals surface area contributed by atoms with Gasteiger partial charge in [0.25, 0.3) is 0 Å². The van der Waals surface area contributed by atoms with Gasteiger partial charge in [-0.3, -0.25) is 0 Å². The molecular formula is C15H21N3O3. The molecule has 2 heterocycles. The predicted molar refractivity (Wildman–Crippen MR) is 79.8 cm³/mol. The fourth-order valence-electron chi connectivity index (χ4n) is 2.44. The molecule has 0 radical (unpaired) electrons. The number of ether oxygens (including phenoxy) is 3. The summed E-state index contributed by atoms with van der Waals surface area (Å²) in [4.78, 5) is 6.53. The average Bonchev–Trinajstić information content (AvgIpc) is 2.79. The Balaban J connectivity index is 1.72. The van der Waals surface area contributed by atoms with Crippen molar-refractivity contribution in [3.63, 3.8) is 0 Å². The summed E-state index contributed by atoms with van der Waals surface area (Å²) < 4.78 is 16.8. The van der Waals surface area contributed by atoms with E-state index in [1.807, 2.05) is 23.1 Å². The minimum Gasteiger partial charge on any atom is -0.490 e. The molecule has 2 N–H and O–H groups in total. The van der Waals surface area contributed by atoms with Crippen LogP contribution in [0.4, 0.5) is 0 Å². The van der Waals surface area contributed by atoms with Gasteiger partial charge in [0.15, 0.2) is 17.5 Å². The van der Waals surface area contributed by atoms with E-state index in [0.717, 1.165) is 36.6 Å². The van der Waals surface area contributed by atoms with Crippen molar-refractivity contribution in [2.45, 2.75) is 13.0 Å². The molecule has 0 aliphatic carbocycles. The van der Waals surface area contributed by atoms with Gasteiger partial charge in [-0.15, -0.1) is 0 Å². The molecule has 0 unspecified atom stereocenters. The van der Waals surface area contributed by atoms with Crippen LogP contribution in [0.1, 0.15) is 12.0 Å². The molecule has 1 fully saturated rings. The van der Waals surface area contributed by atoms with Crippen LogP contribution < -0.4 is 15.2 Å². The second-order valence-corrected chi connectivity index (χ2v) is 5.07. The lowest BCUT2D eigenvalue weighted by atomic mass is 10.2. The number of fused-ring (bicyclic) bond motifs is 1. The van der Waals surface area contributed by atoms with Crippen molar-refractivity contribution < 1.29 is 14.2 Å². The Hall–Kier alpha value is -1.95. The highest BCUT2D eigenvalue weighted by Gasteiger charge is 2.15. The minimum atomic E-state index is 0.496. The van der Waals surface area contributed by atoms with Gasteiger partial charge in [0, 0.05) is 25.1 Å². The Morgan fingerprint density at radius 3 is 2.81 bits per heavy atom. The van der Waals surface area contributed by atoms with E-state index < -0.39 is 0 Å². The van der Waals surface area contributed by atoms with Crippen LogP contribution in [0.25, 0.3) is 0 Å². The van der Waals surface area contributed by atoms with E-state index >= 15 is 0 Å². The molecule has 2 aliphatic heterocycles. The van der Waals surface area contributed by atoms with Crippen molar-refractivity contribution in [2.75, 3.05) is 39.5 Å². The van der Waals surface area contributed by atoms with Crippen molar-refractivity contribution in [3.05, 3.63) is 23.8 Å². The number of aliphatic imine (C=N–C) groups is 1. The number of hydrogen-bond acceptors (Lipinski definition) is 4. The third kappa shape index (κ3) is 3.39. The predicted octanol–water partition coefficient (Wildman–Crippen LogP) is 0.995. The Morgan fingerprint density at radius 1 is 1.14 bits per heavy atom. The molecule has 21 heavy (non-hydrogen) atoms. The molecule has 0 amide bonds. The molecule has 1 aromatic carbocycles. The molecule has 1 saturated heterocycles. The highest BCUT2D eigenvalue weighted by molar-refractivity contribution is 5.78. The van der Waals surface area contributed by atoms with Crippen molar-refractivity contribution in [2.24, 2.45) is 10.7 Å². The van der Waals surface area contributed by atoms with Gasteiger partial charge in [0.05, 0.1) is 33.0 Å². The van der Waals surface area contributed by atoms with Gasteiger partial charge >= 0.3 is 0 Å². The summed E-state index contributed by atoms with van der Waals surface area (Å²) in [5.41, 5.74) is 7.06. The second kappa shape index (κ2) is 6.67. The first-order valence-corrected chi connectivity index (χ1v) is 7.35. The molecule has 6 nitrogen and oxygen atoms in total. The van der Waals surface area contributed by atoms with E-state index in [2.05, 4.69) is 4.99 Å². The van der Waals surface area contributed by atoms with Gasteiger partial charge in [-0.1, -0.05) is 12.1 Å². The summed E-state index contributed by atoms with van der Waals surface area (Å²) in [5, 5.41) is 0. The molecule has 0 atom stereocenters. The Labute approximate surface area is 124 Å². The zero-order chi connectivity index (χ0) is 14.5. The third-order valence-electron chi connectivity index (χ3n) is 3.60. The quantitative estimate of drug-likeness (QED) is 0.650. The van der Waals surface area contributed by atoms with Crippen molar-refractivity contribution >= 4 is 5.96 Å². The fourth-order valence-corrected chi connectivity index (χ4v) is 2.44. The number of rotatable bonds is 2. The van der Waals surface area contributed by atoms with Crippen LogP contribution >= 0.6 is 0 Å². The van der Waals surface area contributed by atoms with Crippen LogP contribution in [-0.4, -0.2) is 50.4 Å². The summed E-state index contributed by atoms with van der Waals surface area (Å²) in [6.07, 6.45) is 0.896. The molecule has 3 rings (SSSR count). The number of nitrogens with two attached hydrogens (primary N) is 1. The lowest BCUT2D eigenvalue weighted by Gasteiger charge is -2.27. The van der Waals surface area contributed by atoms with Crippen molar-refractivity contribution in [3.8, 4) is 11.5 Å². The van der Waals surface area contributed by atoms with Crippen LogP contribution in [0.15, 0.2) is 23.2 Å². The molecule has 0 bridgehead atoms. The Bertz CT molecular complexity index is 513. The zero-order valence-corrected chi connectivity index (χ0v) is 12.1. The summed E-state index contributed by atoms with van der Waals surface area (Å²) in [6.45, 7) is 4.85. The van der Waals surface area contributed by atoms with E-state index in [9.17, 15) is 0 Å². The van der Waals surface area contributed by atoms with E-state index in [-0.39, 0.29) is 0 Å². The maximum absolute atomic E-state index is 6.05. The zero-order valence-electron chi connectivity index (χ0n) is 12.1. The maximum atomic E-state index is 6.05. The number of morpholine rings is 1. The number of para-hydroxylation sites is 1. The van der Waals surface area contributed by atoms with Crippen LogP contribution in [0.2, 0.25) is 0 Å². The van der Waals surface area contributed by atoms with Crippen LogP contribution in [0, 0.1) is 0 Å². The van der Waals surface area contributed by atoms with Crippen molar-refractivity contribution in [1.82, 2.24) is 4.90 Å².